The fraction of sp³-hybridized carbons (Fsp3) is 0.385. The number of hydrogen-bond donors (Lipinski definition) is 1. The van der Waals surface area contributed by atoms with Gasteiger partial charge in [-0.05, 0) is 13.8 Å². The SMILES string of the molecule is CCOC(=O)c1nc(NCc2cnc(C)s2)sc1C(C)=O. The number of carbonyl (C=O) groups is 2. The van der Waals surface area contributed by atoms with Crippen LogP contribution in [0.25, 0.3) is 0 Å². The molecule has 1 N–H and O–H groups in total. The van der Waals surface area contributed by atoms with E-state index in [1.807, 2.05) is 6.92 Å². The molecule has 0 unspecified atom stereocenters. The molecule has 0 amide bonds. The number of aromatic nitrogens is 2. The second-order valence-electron chi connectivity index (χ2n) is 4.17. The van der Waals surface area contributed by atoms with Crippen LogP contribution in [-0.2, 0) is 11.3 Å². The average Bonchev–Trinajstić information content (AvgIpc) is 3.03. The standard InChI is InChI=1S/C13H15N3O3S2/c1-4-19-12(18)10-11(7(2)17)21-13(16-10)15-6-9-5-14-8(3)20-9/h5H,4,6H2,1-3H3,(H,15,16). The summed E-state index contributed by atoms with van der Waals surface area (Å²) >= 11 is 2.74. The lowest BCUT2D eigenvalue weighted by atomic mass is 10.3. The third-order valence-corrected chi connectivity index (χ3v) is 4.53. The lowest BCUT2D eigenvalue weighted by Gasteiger charge is -1.99. The lowest BCUT2D eigenvalue weighted by molar-refractivity contribution is 0.0517. The first-order valence-corrected chi connectivity index (χ1v) is 7.98. The van der Waals surface area contributed by atoms with Gasteiger partial charge in [-0.15, -0.1) is 11.3 Å². The molecule has 2 aromatic rings. The molecule has 8 heteroatoms. The normalized spacial score (nSPS) is 10.4. The highest BCUT2D eigenvalue weighted by Crippen LogP contribution is 2.25. The van der Waals surface area contributed by atoms with Crippen molar-refractivity contribution in [3.63, 3.8) is 0 Å². The van der Waals surface area contributed by atoms with E-state index in [0.29, 0.717) is 16.6 Å². The van der Waals surface area contributed by atoms with Crippen molar-refractivity contribution < 1.29 is 14.3 Å². The molecule has 0 fully saturated rings. The largest absolute Gasteiger partial charge is 0.461 e. The van der Waals surface area contributed by atoms with Gasteiger partial charge in [0.05, 0.1) is 18.2 Å². The summed E-state index contributed by atoms with van der Waals surface area (Å²) in [5.74, 6) is -0.766. The van der Waals surface area contributed by atoms with E-state index in [4.69, 9.17) is 4.74 Å². The van der Waals surface area contributed by atoms with Crippen molar-refractivity contribution in [1.29, 1.82) is 0 Å². The summed E-state index contributed by atoms with van der Waals surface area (Å²) in [6.07, 6.45) is 1.79. The number of hydrogen-bond acceptors (Lipinski definition) is 8. The zero-order valence-corrected chi connectivity index (χ0v) is 13.6. The minimum Gasteiger partial charge on any atom is -0.461 e. The quantitative estimate of drug-likeness (QED) is 0.649. The van der Waals surface area contributed by atoms with Gasteiger partial charge in [-0.2, -0.15) is 0 Å². The number of ketones is 1. The Morgan fingerprint density at radius 1 is 1.38 bits per heavy atom. The van der Waals surface area contributed by atoms with Crippen LogP contribution in [0.15, 0.2) is 6.20 Å². The molecule has 2 heterocycles. The van der Waals surface area contributed by atoms with Gasteiger partial charge in [0.1, 0.15) is 4.88 Å². The van der Waals surface area contributed by atoms with Gasteiger partial charge in [0.2, 0.25) is 0 Å². The predicted octanol–water partition coefficient (Wildman–Crippen LogP) is 2.90. The van der Waals surface area contributed by atoms with Crippen LogP contribution < -0.4 is 5.32 Å². The van der Waals surface area contributed by atoms with Crippen LogP contribution >= 0.6 is 22.7 Å². The van der Waals surface area contributed by atoms with Gasteiger partial charge >= 0.3 is 5.97 Å². The average molecular weight is 325 g/mol. The van der Waals surface area contributed by atoms with Crippen molar-refractivity contribution in [2.75, 3.05) is 11.9 Å². The van der Waals surface area contributed by atoms with Crippen molar-refractivity contribution in [3.05, 3.63) is 26.7 Å². The van der Waals surface area contributed by atoms with Gasteiger partial charge in [-0.25, -0.2) is 14.8 Å². The number of aryl methyl sites for hydroxylation is 1. The fourth-order valence-corrected chi connectivity index (χ4v) is 3.20. The second-order valence-corrected chi connectivity index (χ2v) is 6.49. The summed E-state index contributed by atoms with van der Waals surface area (Å²) in [7, 11) is 0. The summed E-state index contributed by atoms with van der Waals surface area (Å²) in [4.78, 5) is 33.1. The monoisotopic (exact) mass is 325 g/mol. The molecule has 0 aromatic carbocycles. The number of carbonyl (C=O) groups excluding carboxylic acids is 2. The molecule has 0 saturated heterocycles. The number of anilines is 1. The molecule has 0 aliphatic heterocycles. The van der Waals surface area contributed by atoms with Crippen LogP contribution in [0, 0.1) is 6.92 Å². The van der Waals surface area contributed by atoms with Crippen molar-refractivity contribution >= 4 is 39.6 Å². The lowest BCUT2D eigenvalue weighted by Crippen LogP contribution is -2.09. The Bertz CT molecular complexity index is 663. The summed E-state index contributed by atoms with van der Waals surface area (Å²) in [5, 5.41) is 4.62. The van der Waals surface area contributed by atoms with E-state index in [0.717, 1.165) is 21.2 Å². The molecule has 0 aliphatic carbocycles. The van der Waals surface area contributed by atoms with Crippen molar-refractivity contribution in [2.45, 2.75) is 27.3 Å². The van der Waals surface area contributed by atoms with Gasteiger partial charge in [-0.3, -0.25) is 4.79 Å². The highest BCUT2D eigenvalue weighted by molar-refractivity contribution is 7.17. The van der Waals surface area contributed by atoms with Gasteiger partial charge < -0.3 is 10.1 Å². The van der Waals surface area contributed by atoms with Crippen molar-refractivity contribution in [1.82, 2.24) is 9.97 Å². The van der Waals surface area contributed by atoms with E-state index in [1.54, 1.807) is 24.5 Å². The molecule has 0 aliphatic rings. The molecule has 0 spiro atoms. The maximum atomic E-state index is 11.8. The minimum atomic E-state index is -0.569. The Morgan fingerprint density at radius 3 is 2.71 bits per heavy atom. The number of ether oxygens (including phenoxy) is 1. The number of Topliss-reactive ketones (excluding diaryl/α,β-unsaturated/α-hetero) is 1. The molecule has 0 bridgehead atoms. The Balaban J connectivity index is 2.15. The van der Waals surface area contributed by atoms with Crippen LogP contribution in [0.1, 0.15) is 43.9 Å². The van der Waals surface area contributed by atoms with E-state index in [9.17, 15) is 9.59 Å². The van der Waals surface area contributed by atoms with Crippen molar-refractivity contribution in [3.8, 4) is 0 Å². The van der Waals surface area contributed by atoms with Gasteiger partial charge in [0, 0.05) is 18.0 Å². The highest BCUT2D eigenvalue weighted by Gasteiger charge is 2.22. The van der Waals surface area contributed by atoms with E-state index >= 15 is 0 Å². The van der Waals surface area contributed by atoms with Gasteiger partial charge in [-0.1, -0.05) is 11.3 Å². The summed E-state index contributed by atoms with van der Waals surface area (Å²) in [6, 6.07) is 0. The topological polar surface area (TPSA) is 81.2 Å². The molecule has 2 rings (SSSR count). The van der Waals surface area contributed by atoms with Crippen LogP contribution in [0.2, 0.25) is 0 Å². The van der Waals surface area contributed by atoms with Crippen LogP contribution in [0.3, 0.4) is 0 Å². The zero-order valence-electron chi connectivity index (χ0n) is 11.9. The zero-order chi connectivity index (χ0) is 15.4. The second kappa shape index (κ2) is 6.77. The maximum Gasteiger partial charge on any atom is 0.358 e. The molecule has 2 aromatic heterocycles. The van der Waals surface area contributed by atoms with Gasteiger partial charge in [0.15, 0.2) is 16.6 Å². The number of thiazole rings is 2. The summed E-state index contributed by atoms with van der Waals surface area (Å²) < 4.78 is 4.92. The Labute approximate surface area is 130 Å². The first kappa shape index (κ1) is 15.6. The number of esters is 1. The first-order valence-electron chi connectivity index (χ1n) is 6.35. The number of nitrogens with one attached hydrogen (secondary N) is 1. The Morgan fingerprint density at radius 2 is 2.14 bits per heavy atom. The van der Waals surface area contributed by atoms with Crippen LogP contribution in [-0.4, -0.2) is 28.3 Å². The number of nitrogens with zero attached hydrogens (tertiary/aromatic N) is 2. The van der Waals surface area contributed by atoms with E-state index in [-0.39, 0.29) is 18.1 Å². The molecule has 0 atom stereocenters. The highest BCUT2D eigenvalue weighted by atomic mass is 32.1. The molecule has 112 valence electrons. The Hall–Kier alpha value is -1.80. The van der Waals surface area contributed by atoms with E-state index in [1.165, 1.54) is 6.92 Å². The Kier molecular flexibility index (Phi) is 5.03. The number of rotatable bonds is 6. The van der Waals surface area contributed by atoms with Crippen molar-refractivity contribution in [2.24, 2.45) is 0 Å². The predicted molar refractivity (Wildman–Crippen MR) is 82.3 cm³/mol. The van der Waals surface area contributed by atoms with Gasteiger partial charge in [0.25, 0.3) is 0 Å². The van der Waals surface area contributed by atoms with E-state index in [2.05, 4.69) is 15.3 Å². The molecule has 6 nitrogen and oxygen atoms in total. The maximum absolute atomic E-state index is 11.8. The third-order valence-electron chi connectivity index (χ3n) is 2.50. The fourth-order valence-electron chi connectivity index (χ4n) is 1.62. The molecule has 0 saturated carbocycles. The first-order chi connectivity index (χ1) is 10.0. The van der Waals surface area contributed by atoms with Crippen LogP contribution in [0.4, 0.5) is 5.13 Å². The summed E-state index contributed by atoms with van der Waals surface area (Å²) in [5.41, 5.74) is 0.0809. The van der Waals surface area contributed by atoms with Crippen LogP contribution in [0.5, 0.6) is 0 Å². The third kappa shape index (κ3) is 3.85. The summed E-state index contributed by atoms with van der Waals surface area (Å²) in [6.45, 7) is 5.86. The minimum absolute atomic E-state index is 0.0809. The molecule has 21 heavy (non-hydrogen) atoms. The molecular formula is C13H15N3O3S2. The van der Waals surface area contributed by atoms with E-state index < -0.39 is 5.97 Å². The smallest absolute Gasteiger partial charge is 0.358 e. The molecule has 0 radical (unpaired) electrons. The molecular weight excluding hydrogens is 310 g/mol.